The highest BCUT2D eigenvalue weighted by Crippen LogP contribution is 2.33. The number of furan rings is 1. The topological polar surface area (TPSA) is 71.8 Å². The van der Waals surface area contributed by atoms with Crippen LogP contribution in [0.25, 0.3) is 10.8 Å². The summed E-state index contributed by atoms with van der Waals surface area (Å²) in [6.45, 7) is 0.754. The summed E-state index contributed by atoms with van der Waals surface area (Å²) in [4.78, 5) is 26.9. The van der Waals surface area contributed by atoms with Crippen molar-refractivity contribution in [2.45, 2.75) is 25.4 Å². The number of fused-ring (bicyclic) bond motifs is 1. The Morgan fingerprint density at radius 3 is 2.86 bits per heavy atom. The predicted molar refractivity (Wildman–Crippen MR) is 112 cm³/mol. The molecule has 1 saturated heterocycles. The monoisotopic (exact) mass is 456 g/mol. The number of nitrogens with zero attached hydrogens (tertiary/aromatic N) is 1. The summed E-state index contributed by atoms with van der Waals surface area (Å²) in [5, 5.41) is 4.95. The van der Waals surface area contributed by atoms with E-state index in [0.717, 1.165) is 21.7 Å². The molecule has 1 aliphatic heterocycles. The number of halogens is 1. The Bertz CT molecular complexity index is 1020. The molecule has 6 nitrogen and oxygen atoms in total. The Kier molecular flexibility index (Phi) is 5.85. The minimum Gasteiger partial charge on any atom is -0.483 e. The van der Waals surface area contributed by atoms with Crippen molar-refractivity contribution in [3.05, 3.63) is 65.0 Å². The van der Waals surface area contributed by atoms with Gasteiger partial charge in [0.15, 0.2) is 6.61 Å². The average Bonchev–Trinajstić information content (AvgIpc) is 3.43. The smallest absolute Gasteiger partial charge is 0.261 e. The molecule has 29 heavy (non-hydrogen) atoms. The first-order chi connectivity index (χ1) is 14.1. The first-order valence-electron chi connectivity index (χ1n) is 9.53. The lowest BCUT2D eigenvalue weighted by molar-refractivity contribution is -0.140. The van der Waals surface area contributed by atoms with E-state index in [1.54, 1.807) is 23.3 Å². The van der Waals surface area contributed by atoms with Gasteiger partial charge in [-0.2, -0.15) is 0 Å². The second kappa shape index (κ2) is 8.69. The summed E-state index contributed by atoms with van der Waals surface area (Å²) in [5.74, 6) is 0.925. The van der Waals surface area contributed by atoms with Crippen LogP contribution in [0.1, 0.15) is 18.6 Å². The lowest BCUT2D eigenvalue weighted by Gasteiger charge is -2.24. The van der Waals surface area contributed by atoms with Gasteiger partial charge < -0.3 is 19.4 Å². The number of benzene rings is 2. The second-order valence-electron chi connectivity index (χ2n) is 6.93. The number of amides is 2. The molecule has 0 bridgehead atoms. The van der Waals surface area contributed by atoms with E-state index in [4.69, 9.17) is 9.15 Å². The highest BCUT2D eigenvalue weighted by molar-refractivity contribution is 9.10. The van der Waals surface area contributed by atoms with Crippen molar-refractivity contribution in [3.8, 4) is 5.75 Å². The molecule has 0 radical (unpaired) electrons. The summed E-state index contributed by atoms with van der Waals surface area (Å²) in [6, 6.07) is 14.8. The number of hydrogen-bond acceptors (Lipinski definition) is 4. The lowest BCUT2D eigenvalue weighted by Crippen LogP contribution is -2.47. The van der Waals surface area contributed by atoms with Gasteiger partial charge in [0.05, 0.1) is 17.3 Å². The van der Waals surface area contributed by atoms with Crippen LogP contribution in [0.4, 0.5) is 0 Å². The number of hydrogen-bond donors (Lipinski definition) is 1. The molecule has 1 atom stereocenters. The molecule has 0 spiro atoms. The van der Waals surface area contributed by atoms with Crippen LogP contribution in [0.3, 0.4) is 0 Å². The molecule has 2 aromatic carbocycles. The van der Waals surface area contributed by atoms with Crippen molar-refractivity contribution in [2.75, 3.05) is 13.2 Å². The van der Waals surface area contributed by atoms with Crippen LogP contribution in [0, 0.1) is 0 Å². The molecule has 1 aliphatic rings. The van der Waals surface area contributed by atoms with Crippen LogP contribution in [0.5, 0.6) is 5.75 Å². The van der Waals surface area contributed by atoms with Gasteiger partial charge in [0.2, 0.25) is 5.91 Å². The van der Waals surface area contributed by atoms with Crippen molar-refractivity contribution in [2.24, 2.45) is 0 Å². The molecule has 1 N–H and O–H groups in total. The van der Waals surface area contributed by atoms with Gasteiger partial charge >= 0.3 is 0 Å². The van der Waals surface area contributed by atoms with E-state index in [-0.39, 0.29) is 18.4 Å². The van der Waals surface area contributed by atoms with E-state index < -0.39 is 6.04 Å². The average molecular weight is 457 g/mol. The highest BCUT2D eigenvalue weighted by atomic mass is 79.9. The normalized spacial score (nSPS) is 16.2. The fourth-order valence-corrected chi connectivity index (χ4v) is 4.20. The molecule has 3 aromatic rings. The Balaban J connectivity index is 1.37. The summed E-state index contributed by atoms with van der Waals surface area (Å²) < 4.78 is 11.8. The van der Waals surface area contributed by atoms with Gasteiger partial charge in [-0.3, -0.25) is 9.59 Å². The van der Waals surface area contributed by atoms with Crippen LogP contribution < -0.4 is 10.1 Å². The molecule has 7 heteroatoms. The van der Waals surface area contributed by atoms with E-state index >= 15 is 0 Å². The van der Waals surface area contributed by atoms with Gasteiger partial charge in [-0.25, -0.2) is 0 Å². The fourth-order valence-electron chi connectivity index (χ4n) is 3.59. The van der Waals surface area contributed by atoms with Crippen molar-refractivity contribution in [1.82, 2.24) is 10.2 Å². The zero-order chi connectivity index (χ0) is 20.2. The van der Waals surface area contributed by atoms with Gasteiger partial charge in [0.1, 0.15) is 17.6 Å². The molecule has 1 fully saturated rings. The van der Waals surface area contributed by atoms with Crippen molar-refractivity contribution < 1.29 is 18.7 Å². The first kappa shape index (κ1) is 19.5. The SMILES string of the molecule is O=C(NCc1ccco1)C1CCCN1C(=O)COc1ccc2ccccc2c1Br. The molecule has 0 aliphatic carbocycles. The van der Waals surface area contributed by atoms with Gasteiger partial charge in [0.25, 0.3) is 5.91 Å². The molecule has 2 amide bonds. The molecule has 0 saturated carbocycles. The predicted octanol–water partition coefficient (Wildman–Crippen LogP) is 3.88. The van der Waals surface area contributed by atoms with Crippen LogP contribution in [0.15, 0.2) is 63.7 Å². The quantitative estimate of drug-likeness (QED) is 0.610. The highest BCUT2D eigenvalue weighted by Gasteiger charge is 2.34. The van der Waals surface area contributed by atoms with Crippen molar-refractivity contribution in [3.63, 3.8) is 0 Å². The Morgan fingerprint density at radius 1 is 1.17 bits per heavy atom. The van der Waals surface area contributed by atoms with E-state index in [0.29, 0.717) is 31.0 Å². The lowest BCUT2D eigenvalue weighted by atomic mass is 10.1. The second-order valence-corrected chi connectivity index (χ2v) is 7.72. The Morgan fingerprint density at radius 2 is 2.03 bits per heavy atom. The number of carbonyl (C=O) groups is 2. The molecule has 150 valence electrons. The standard InChI is InChI=1S/C22H21BrN2O4/c23-21-17-7-2-1-5-15(17)9-10-19(21)29-14-20(26)25-11-3-8-18(25)22(27)24-13-16-6-4-12-28-16/h1-2,4-7,9-10,12,18H,3,8,11,13-14H2,(H,24,27). The number of ether oxygens (including phenoxy) is 1. The molecule has 2 heterocycles. The Labute approximate surface area is 176 Å². The minimum atomic E-state index is -0.471. The summed E-state index contributed by atoms with van der Waals surface area (Å²) in [5.41, 5.74) is 0. The summed E-state index contributed by atoms with van der Waals surface area (Å²) in [7, 11) is 0. The van der Waals surface area contributed by atoms with Crippen LogP contribution >= 0.6 is 15.9 Å². The van der Waals surface area contributed by atoms with Crippen LogP contribution in [0.2, 0.25) is 0 Å². The van der Waals surface area contributed by atoms with Crippen molar-refractivity contribution in [1.29, 1.82) is 0 Å². The third kappa shape index (κ3) is 4.29. The van der Waals surface area contributed by atoms with Crippen LogP contribution in [-0.2, 0) is 16.1 Å². The first-order valence-corrected chi connectivity index (χ1v) is 10.3. The summed E-state index contributed by atoms with van der Waals surface area (Å²) in [6.07, 6.45) is 3.01. The molecular weight excluding hydrogens is 436 g/mol. The number of nitrogens with one attached hydrogen (secondary N) is 1. The largest absolute Gasteiger partial charge is 0.483 e. The van der Waals surface area contributed by atoms with Gasteiger partial charge in [-0.05, 0) is 57.7 Å². The zero-order valence-corrected chi connectivity index (χ0v) is 17.4. The molecule has 1 unspecified atom stereocenters. The Hall–Kier alpha value is -2.80. The zero-order valence-electron chi connectivity index (χ0n) is 15.8. The molecular formula is C22H21BrN2O4. The van der Waals surface area contributed by atoms with Gasteiger partial charge in [-0.15, -0.1) is 0 Å². The van der Waals surface area contributed by atoms with E-state index in [9.17, 15) is 9.59 Å². The van der Waals surface area contributed by atoms with Crippen LogP contribution in [-0.4, -0.2) is 35.9 Å². The molecule has 4 rings (SSSR count). The number of likely N-dealkylation sites (tertiary alicyclic amines) is 1. The van der Waals surface area contributed by atoms with Gasteiger partial charge in [0, 0.05) is 6.54 Å². The number of carbonyl (C=O) groups excluding carboxylic acids is 2. The maximum atomic E-state index is 12.7. The van der Waals surface area contributed by atoms with E-state index in [1.807, 2.05) is 36.4 Å². The fraction of sp³-hybridized carbons (Fsp3) is 0.273. The van der Waals surface area contributed by atoms with Crippen molar-refractivity contribution >= 4 is 38.5 Å². The number of rotatable bonds is 6. The molecule has 1 aromatic heterocycles. The maximum absolute atomic E-state index is 12.7. The third-order valence-corrected chi connectivity index (χ3v) is 5.89. The third-order valence-electron chi connectivity index (χ3n) is 5.07. The van der Waals surface area contributed by atoms with E-state index in [1.165, 1.54) is 0 Å². The maximum Gasteiger partial charge on any atom is 0.261 e. The summed E-state index contributed by atoms with van der Waals surface area (Å²) >= 11 is 3.57. The van der Waals surface area contributed by atoms with Gasteiger partial charge in [-0.1, -0.05) is 30.3 Å². The van der Waals surface area contributed by atoms with E-state index in [2.05, 4.69) is 21.2 Å². The minimum absolute atomic E-state index is 0.112.